The molecular formula is C11H12N4O4S3. The zero-order chi connectivity index (χ0) is 15.7. The number of carboxylic acid groups (broad SMARTS) is 1. The second kappa shape index (κ2) is 6.42. The minimum absolute atomic E-state index is 0.0500. The molecule has 0 spiro atoms. The van der Waals surface area contributed by atoms with E-state index in [0.29, 0.717) is 23.5 Å². The van der Waals surface area contributed by atoms with Gasteiger partial charge in [0, 0.05) is 11.5 Å². The van der Waals surface area contributed by atoms with E-state index in [0.717, 1.165) is 5.88 Å². The van der Waals surface area contributed by atoms with Gasteiger partial charge in [0.15, 0.2) is 0 Å². The highest BCUT2D eigenvalue weighted by molar-refractivity contribution is 8.02. The molecule has 0 saturated carbocycles. The predicted molar refractivity (Wildman–Crippen MR) is 86.0 cm³/mol. The molecule has 2 N–H and O–H groups in total. The van der Waals surface area contributed by atoms with Gasteiger partial charge in [0.1, 0.15) is 23.5 Å². The van der Waals surface area contributed by atoms with Crippen LogP contribution in [-0.2, 0) is 14.4 Å². The number of amides is 2. The maximum atomic E-state index is 12.1. The number of hydrogen-bond donors (Lipinski definition) is 2. The highest BCUT2D eigenvalue weighted by Gasteiger charge is 2.53. The minimum atomic E-state index is -1.11. The molecule has 118 valence electrons. The maximum Gasteiger partial charge on any atom is 0.352 e. The fourth-order valence-electron chi connectivity index (χ4n) is 2.33. The molecule has 0 aromatic rings. The first-order chi connectivity index (χ1) is 10.6. The van der Waals surface area contributed by atoms with Crippen LogP contribution in [-0.4, -0.2) is 67.7 Å². The number of rotatable bonds is 6. The van der Waals surface area contributed by atoms with Gasteiger partial charge in [-0.05, 0) is 29.5 Å². The van der Waals surface area contributed by atoms with Crippen LogP contribution in [0, 0.1) is 0 Å². The second-order valence-corrected chi connectivity index (χ2v) is 7.45. The van der Waals surface area contributed by atoms with Gasteiger partial charge in [-0.25, -0.2) is 9.19 Å². The largest absolute Gasteiger partial charge is 0.477 e. The third-order valence-corrected chi connectivity index (χ3v) is 6.51. The van der Waals surface area contributed by atoms with Crippen molar-refractivity contribution in [1.82, 2.24) is 14.5 Å². The molecule has 1 fully saturated rings. The summed E-state index contributed by atoms with van der Waals surface area (Å²) in [7, 11) is 0. The molecule has 0 bridgehead atoms. The summed E-state index contributed by atoms with van der Waals surface area (Å²) in [5, 5.41) is 11.6. The van der Waals surface area contributed by atoms with Crippen molar-refractivity contribution in [2.75, 3.05) is 17.4 Å². The molecule has 3 rings (SSSR count). The first-order valence-corrected chi connectivity index (χ1v) is 9.21. The molecule has 2 amide bonds. The lowest BCUT2D eigenvalue weighted by Crippen LogP contribution is -2.69. The lowest BCUT2D eigenvalue weighted by Gasteiger charge is -2.49. The number of nitrogens with zero attached hydrogens (tertiary/aromatic N) is 3. The Labute approximate surface area is 139 Å². The van der Waals surface area contributed by atoms with E-state index >= 15 is 0 Å². The summed E-state index contributed by atoms with van der Waals surface area (Å²) >= 11 is 4.36. The fourth-order valence-corrected chi connectivity index (χ4v) is 5.42. The molecule has 22 heavy (non-hydrogen) atoms. The molecule has 8 nitrogen and oxygen atoms in total. The van der Waals surface area contributed by atoms with E-state index < -0.39 is 12.0 Å². The van der Waals surface area contributed by atoms with Crippen LogP contribution in [0.1, 0.15) is 0 Å². The molecule has 11 heteroatoms. The Morgan fingerprint density at radius 2 is 2.45 bits per heavy atom. The Hall–Kier alpha value is -1.33. The van der Waals surface area contributed by atoms with E-state index in [1.165, 1.54) is 40.6 Å². The third-order valence-electron chi connectivity index (χ3n) is 3.34. The van der Waals surface area contributed by atoms with Crippen LogP contribution >= 0.6 is 35.7 Å². The van der Waals surface area contributed by atoms with Gasteiger partial charge < -0.3 is 10.4 Å². The van der Waals surface area contributed by atoms with Crippen molar-refractivity contribution in [3.05, 3.63) is 11.3 Å². The minimum Gasteiger partial charge on any atom is -0.477 e. The number of thioether (sulfide) groups is 1. The second-order valence-electron chi connectivity index (χ2n) is 4.60. The molecular weight excluding hydrogens is 348 g/mol. The van der Waals surface area contributed by atoms with Crippen LogP contribution in [0.4, 0.5) is 0 Å². The number of nitrogens with one attached hydrogen (secondary N) is 1. The standard InChI is InChI=1S/C11H12N4O4S3/c16-4-12-7-9(17)15-8(11(18)19)6(1-20-10(7)15)2-22-14-3-13-21-5-14/h3-4,7,10H,1-2,5H2,(H,12,16)(H,18,19)/t7?,10-/m0/s1. The molecule has 0 radical (unpaired) electrons. The zero-order valence-electron chi connectivity index (χ0n) is 11.2. The Balaban J connectivity index is 1.75. The van der Waals surface area contributed by atoms with Gasteiger partial charge in [-0.3, -0.25) is 18.8 Å². The molecule has 0 aromatic heterocycles. The predicted octanol–water partition coefficient (Wildman–Crippen LogP) is -0.0474. The zero-order valence-corrected chi connectivity index (χ0v) is 13.6. The number of β-lactam (4-membered cyclic amide) rings is 1. The van der Waals surface area contributed by atoms with Crippen LogP contribution in [0.25, 0.3) is 0 Å². The van der Waals surface area contributed by atoms with Crippen molar-refractivity contribution in [2.45, 2.75) is 11.4 Å². The summed E-state index contributed by atoms with van der Waals surface area (Å²) < 4.78 is 5.94. The van der Waals surface area contributed by atoms with Gasteiger partial charge in [-0.2, -0.15) is 0 Å². The van der Waals surface area contributed by atoms with Gasteiger partial charge in [-0.1, -0.05) is 0 Å². The Morgan fingerprint density at radius 1 is 1.64 bits per heavy atom. The number of carboxylic acids is 1. The summed E-state index contributed by atoms with van der Waals surface area (Å²) in [6, 6.07) is -0.631. The van der Waals surface area contributed by atoms with Crippen molar-refractivity contribution in [2.24, 2.45) is 4.40 Å². The highest BCUT2D eigenvalue weighted by atomic mass is 32.2. The van der Waals surface area contributed by atoms with E-state index in [1.807, 2.05) is 4.31 Å². The average Bonchev–Trinajstić information content (AvgIpc) is 3.02. The van der Waals surface area contributed by atoms with E-state index in [-0.39, 0.29) is 17.0 Å². The Kier molecular flexibility index (Phi) is 4.54. The van der Waals surface area contributed by atoms with Crippen molar-refractivity contribution in [3.8, 4) is 0 Å². The van der Waals surface area contributed by atoms with E-state index in [1.54, 1.807) is 6.34 Å². The number of fused-ring (bicyclic) bond motifs is 1. The molecule has 0 aromatic carbocycles. The quantitative estimate of drug-likeness (QED) is 0.386. The average molecular weight is 360 g/mol. The van der Waals surface area contributed by atoms with Crippen LogP contribution in [0.5, 0.6) is 0 Å². The molecule has 3 aliphatic rings. The molecule has 2 atom stereocenters. The summed E-state index contributed by atoms with van der Waals surface area (Å²) in [5.41, 5.74) is 0.760. The lowest BCUT2D eigenvalue weighted by molar-refractivity contribution is -0.149. The Bertz CT molecular complexity index is 582. The van der Waals surface area contributed by atoms with E-state index in [9.17, 15) is 19.5 Å². The maximum absolute atomic E-state index is 12.1. The van der Waals surface area contributed by atoms with Crippen LogP contribution in [0.15, 0.2) is 15.7 Å². The first-order valence-electron chi connectivity index (χ1n) is 6.28. The van der Waals surface area contributed by atoms with Gasteiger partial charge in [0.05, 0.1) is 5.88 Å². The van der Waals surface area contributed by atoms with Crippen LogP contribution in [0.3, 0.4) is 0 Å². The third kappa shape index (κ3) is 2.68. The number of carbonyl (C=O) groups is 3. The number of hydrogen-bond acceptors (Lipinski definition) is 8. The van der Waals surface area contributed by atoms with E-state index in [2.05, 4.69) is 9.71 Å². The normalized spacial score (nSPS) is 26.8. The van der Waals surface area contributed by atoms with Gasteiger partial charge in [-0.15, -0.1) is 11.8 Å². The monoisotopic (exact) mass is 360 g/mol. The SMILES string of the molecule is O=CNC1C(=O)N2C(C(=O)O)=C(CSN3C=NSC3)CS[C@@H]12. The van der Waals surface area contributed by atoms with Gasteiger partial charge in [0.2, 0.25) is 6.41 Å². The van der Waals surface area contributed by atoms with Crippen molar-refractivity contribution >= 4 is 60.3 Å². The van der Waals surface area contributed by atoms with Crippen LogP contribution < -0.4 is 5.32 Å². The van der Waals surface area contributed by atoms with Crippen molar-refractivity contribution in [1.29, 1.82) is 0 Å². The lowest BCUT2D eigenvalue weighted by atomic mass is 10.0. The molecule has 1 saturated heterocycles. The molecule has 0 aliphatic carbocycles. The van der Waals surface area contributed by atoms with Crippen molar-refractivity contribution in [3.63, 3.8) is 0 Å². The summed E-state index contributed by atoms with van der Waals surface area (Å²) in [6.07, 6.45) is 2.17. The molecule has 3 heterocycles. The fraction of sp³-hybridized carbons (Fsp3) is 0.455. The highest BCUT2D eigenvalue weighted by Crippen LogP contribution is 2.41. The number of carbonyl (C=O) groups excluding carboxylic acids is 2. The summed E-state index contributed by atoms with van der Waals surface area (Å²) in [4.78, 5) is 35.4. The van der Waals surface area contributed by atoms with Crippen molar-refractivity contribution < 1.29 is 19.5 Å². The first kappa shape index (κ1) is 15.6. The summed E-state index contributed by atoms with van der Waals surface area (Å²) in [6.45, 7) is 0. The van der Waals surface area contributed by atoms with Gasteiger partial charge in [0.25, 0.3) is 5.91 Å². The molecule has 3 aliphatic heterocycles. The van der Waals surface area contributed by atoms with E-state index in [4.69, 9.17) is 0 Å². The number of aliphatic carboxylic acids is 1. The summed E-state index contributed by atoms with van der Waals surface area (Å²) in [5.74, 6) is 0.261. The van der Waals surface area contributed by atoms with Gasteiger partial charge >= 0.3 is 5.97 Å². The molecule has 1 unspecified atom stereocenters. The topological polar surface area (TPSA) is 102 Å². The smallest absolute Gasteiger partial charge is 0.352 e. The van der Waals surface area contributed by atoms with Crippen LogP contribution in [0.2, 0.25) is 0 Å². The Morgan fingerprint density at radius 3 is 3.09 bits per heavy atom.